The Bertz CT molecular complexity index is 1200. The summed E-state index contributed by atoms with van der Waals surface area (Å²) in [7, 11) is 2.95. The maximum absolute atomic E-state index is 14.2. The number of hydrogen-bond donors (Lipinski definition) is 0. The van der Waals surface area contributed by atoms with Gasteiger partial charge in [-0.1, -0.05) is 58.9 Å². The van der Waals surface area contributed by atoms with Crippen LogP contribution in [0.3, 0.4) is 0 Å². The lowest BCUT2D eigenvalue weighted by atomic mass is 9.83. The summed E-state index contributed by atoms with van der Waals surface area (Å²) >= 11 is 0. The van der Waals surface area contributed by atoms with Crippen LogP contribution in [-0.4, -0.2) is 37.4 Å². The van der Waals surface area contributed by atoms with Crippen LogP contribution in [0, 0.1) is 5.92 Å². The number of hydrogen-bond acceptors (Lipinski definition) is 5. The smallest absolute Gasteiger partial charge is 0.332 e. The molecule has 1 amide bonds. The molecule has 1 aliphatic rings. The van der Waals surface area contributed by atoms with Crippen LogP contribution in [0.15, 0.2) is 42.5 Å². The number of amides is 1. The zero-order valence-electron chi connectivity index (χ0n) is 22.6. The van der Waals surface area contributed by atoms with Gasteiger partial charge in [-0.05, 0) is 65.6 Å². The number of carbonyl (C=O) groups is 3. The predicted octanol–water partition coefficient (Wildman–Crippen LogP) is 5.76. The molecule has 1 heterocycles. The first kappa shape index (κ1) is 27.2. The number of allylic oxidation sites excluding steroid dienone is 1. The van der Waals surface area contributed by atoms with Gasteiger partial charge in [0.2, 0.25) is 0 Å². The average molecular weight is 492 g/mol. The van der Waals surface area contributed by atoms with Crippen LogP contribution in [0.1, 0.15) is 75.0 Å². The monoisotopic (exact) mass is 491 g/mol. The van der Waals surface area contributed by atoms with Gasteiger partial charge in [0.1, 0.15) is 11.3 Å². The van der Waals surface area contributed by atoms with E-state index in [4.69, 9.17) is 9.47 Å². The van der Waals surface area contributed by atoms with Crippen LogP contribution < -0.4 is 9.64 Å². The van der Waals surface area contributed by atoms with Crippen molar-refractivity contribution in [3.8, 4) is 5.75 Å². The topological polar surface area (TPSA) is 72.9 Å². The minimum atomic E-state index is -1.21. The molecular weight excluding hydrogens is 454 g/mol. The van der Waals surface area contributed by atoms with Gasteiger partial charge in [0.05, 0.1) is 14.2 Å². The van der Waals surface area contributed by atoms with Crippen LogP contribution in [0.25, 0.3) is 6.08 Å². The molecule has 0 aromatic heterocycles. The molecule has 0 saturated carbocycles. The molecule has 6 heteroatoms. The summed E-state index contributed by atoms with van der Waals surface area (Å²) in [5.74, 6) is -0.0982. The Morgan fingerprint density at radius 2 is 1.81 bits per heavy atom. The first-order valence-electron chi connectivity index (χ1n) is 12.3. The second-order valence-electron chi connectivity index (χ2n) is 10.9. The minimum absolute atomic E-state index is 0.0778. The Morgan fingerprint density at radius 1 is 1.11 bits per heavy atom. The summed E-state index contributed by atoms with van der Waals surface area (Å²) in [6, 6.07) is 11.0. The van der Waals surface area contributed by atoms with E-state index < -0.39 is 11.5 Å². The molecule has 192 valence electrons. The van der Waals surface area contributed by atoms with Crippen molar-refractivity contribution in [2.45, 2.75) is 65.3 Å². The van der Waals surface area contributed by atoms with Crippen LogP contribution in [-0.2, 0) is 26.2 Å². The molecule has 1 aliphatic heterocycles. The molecule has 2 aromatic rings. The normalized spacial score (nSPS) is 17.4. The van der Waals surface area contributed by atoms with Crippen molar-refractivity contribution in [3.05, 3.63) is 64.7 Å². The summed E-state index contributed by atoms with van der Waals surface area (Å²) in [5, 5.41) is 0. The fourth-order valence-electron chi connectivity index (χ4n) is 5.11. The fraction of sp³-hybridized carbons (Fsp3) is 0.433. The number of rotatable bonds is 7. The van der Waals surface area contributed by atoms with Gasteiger partial charge in [-0.25, -0.2) is 4.79 Å². The molecule has 3 rings (SSSR count). The van der Waals surface area contributed by atoms with E-state index in [0.29, 0.717) is 29.8 Å². The first-order valence-corrected chi connectivity index (χ1v) is 12.3. The van der Waals surface area contributed by atoms with Gasteiger partial charge in [-0.3, -0.25) is 14.5 Å². The van der Waals surface area contributed by atoms with E-state index in [-0.39, 0.29) is 23.0 Å². The Balaban J connectivity index is 2.25. The van der Waals surface area contributed by atoms with Crippen molar-refractivity contribution >= 4 is 29.4 Å². The lowest BCUT2D eigenvalue weighted by molar-refractivity contribution is -0.147. The quantitative estimate of drug-likeness (QED) is 0.364. The van der Waals surface area contributed by atoms with Crippen LogP contribution in [0.5, 0.6) is 5.75 Å². The Hall–Kier alpha value is -3.41. The first-order chi connectivity index (χ1) is 16.9. The zero-order chi connectivity index (χ0) is 26.8. The highest BCUT2D eigenvalue weighted by atomic mass is 16.5. The molecule has 0 radical (unpaired) electrons. The lowest BCUT2D eigenvalue weighted by Gasteiger charge is -2.37. The Kier molecular flexibility index (Phi) is 7.77. The summed E-state index contributed by atoms with van der Waals surface area (Å²) in [6.07, 6.45) is 3.97. The molecule has 1 atom stereocenters. The largest absolute Gasteiger partial charge is 0.496 e. The van der Waals surface area contributed by atoms with Gasteiger partial charge >= 0.3 is 5.97 Å². The van der Waals surface area contributed by atoms with Crippen LogP contribution >= 0.6 is 0 Å². The number of benzene rings is 2. The lowest BCUT2D eigenvalue weighted by Crippen LogP contribution is -2.57. The van der Waals surface area contributed by atoms with Gasteiger partial charge in [-0.2, -0.15) is 0 Å². The van der Waals surface area contributed by atoms with E-state index in [2.05, 4.69) is 20.8 Å². The molecule has 0 saturated heterocycles. The van der Waals surface area contributed by atoms with Gasteiger partial charge in [0.15, 0.2) is 5.78 Å². The van der Waals surface area contributed by atoms with Crippen LogP contribution in [0.2, 0.25) is 0 Å². The zero-order valence-corrected chi connectivity index (χ0v) is 22.6. The van der Waals surface area contributed by atoms with Crippen molar-refractivity contribution in [1.29, 1.82) is 0 Å². The minimum Gasteiger partial charge on any atom is -0.496 e. The van der Waals surface area contributed by atoms with Gasteiger partial charge < -0.3 is 9.47 Å². The van der Waals surface area contributed by atoms with Crippen molar-refractivity contribution in [2.75, 3.05) is 19.1 Å². The number of ether oxygens (including phenoxy) is 2. The highest BCUT2D eigenvalue weighted by molar-refractivity contribution is 6.13. The van der Waals surface area contributed by atoms with E-state index in [1.54, 1.807) is 30.2 Å². The number of esters is 1. The maximum Gasteiger partial charge on any atom is 0.332 e. The van der Waals surface area contributed by atoms with Crippen molar-refractivity contribution in [2.24, 2.45) is 5.92 Å². The van der Waals surface area contributed by atoms with Crippen molar-refractivity contribution < 1.29 is 23.9 Å². The van der Waals surface area contributed by atoms with Gasteiger partial charge in [0, 0.05) is 17.7 Å². The Morgan fingerprint density at radius 3 is 2.36 bits per heavy atom. The molecule has 0 bridgehead atoms. The third-order valence-corrected chi connectivity index (χ3v) is 6.59. The molecule has 2 aromatic carbocycles. The number of fused-ring (bicyclic) bond motifs is 1. The fourth-order valence-corrected chi connectivity index (χ4v) is 5.11. The molecule has 0 spiro atoms. The second kappa shape index (κ2) is 10.3. The molecule has 36 heavy (non-hydrogen) atoms. The molecule has 6 nitrogen and oxygen atoms in total. The SMILES string of the molecule is COC(=O)C1(CC(C)C)Cc2c(/C=C/C(C)=O)cccc2N1C(=O)c1ccc(C(C)(C)C)c(OC)c1. The average Bonchev–Trinajstić information content (AvgIpc) is 3.15. The number of methoxy groups -OCH3 is 2. The summed E-state index contributed by atoms with van der Waals surface area (Å²) < 4.78 is 11.0. The number of nitrogens with zero attached hydrogens (tertiary/aromatic N) is 1. The van der Waals surface area contributed by atoms with E-state index in [1.807, 2.05) is 38.1 Å². The predicted molar refractivity (Wildman–Crippen MR) is 143 cm³/mol. The van der Waals surface area contributed by atoms with E-state index in [0.717, 1.165) is 16.7 Å². The molecule has 0 aliphatic carbocycles. The highest BCUT2D eigenvalue weighted by Gasteiger charge is 2.54. The molecule has 0 N–H and O–H groups in total. The second-order valence-corrected chi connectivity index (χ2v) is 10.9. The number of carbonyl (C=O) groups excluding carboxylic acids is 3. The third-order valence-electron chi connectivity index (χ3n) is 6.59. The summed E-state index contributed by atoms with van der Waals surface area (Å²) in [6.45, 7) is 11.8. The van der Waals surface area contributed by atoms with Gasteiger partial charge in [0.25, 0.3) is 5.91 Å². The van der Waals surface area contributed by atoms with E-state index >= 15 is 0 Å². The molecular formula is C30H37NO5. The molecule has 0 fully saturated rings. The number of ketones is 1. The standard InChI is InChI=1S/C30H37NO5/c1-19(2)17-30(28(34)36-8)18-23-21(13-12-20(3)32)10-9-11-25(23)31(30)27(33)22-14-15-24(29(4,5)6)26(16-22)35-7/h9-16,19H,17-18H2,1-8H3/b13-12+. The van der Waals surface area contributed by atoms with E-state index in [1.165, 1.54) is 20.1 Å². The number of anilines is 1. The van der Waals surface area contributed by atoms with Crippen LogP contribution in [0.4, 0.5) is 5.69 Å². The van der Waals surface area contributed by atoms with Crippen molar-refractivity contribution in [1.82, 2.24) is 0 Å². The highest BCUT2D eigenvalue weighted by Crippen LogP contribution is 2.46. The van der Waals surface area contributed by atoms with Crippen molar-refractivity contribution in [3.63, 3.8) is 0 Å². The molecule has 1 unspecified atom stereocenters. The maximum atomic E-state index is 14.2. The van der Waals surface area contributed by atoms with E-state index in [9.17, 15) is 14.4 Å². The Labute approximate surface area is 214 Å². The summed E-state index contributed by atoms with van der Waals surface area (Å²) in [5.41, 5.74) is 2.33. The third kappa shape index (κ3) is 5.08. The summed E-state index contributed by atoms with van der Waals surface area (Å²) in [4.78, 5) is 40.9. The van der Waals surface area contributed by atoms with Gasteiger partial charge in [-0.15, -0.1) is 0 Å².